The minimum atomic E-state index is -3.50. The number of nitrogens with zero attached hydrogens (tertiary/aromatic N) is 3. The average Bonchev–Trinajstić information content (AvgIpc) is 2.78. The van der Waals surface area contributed by atoms with E-state index in [0.717, 1.165) is 24.3 Å². The summed E-state index contributed by atoms with van der Waals surface area (Å²) in [7, 11) is -3.50. The third-order valence-corrected chi connectivity index (χ3v) is 8.96. The van der Waals surface area contributed by atoms with Gasteiger partial charge in [-0.15, -0.1) is 0 Å². The number of fused-ring (bicyclic) bond motifs is 2. The van der Waals surface area contributed by atoms with Crippen LogP contribution < -0.4 is 15.5 Å². The lowest BCUT2D eigenvalue weighted by Gasteiger charge is -2.40. The molecule has 10 heteroatoms. The molecule has 1 saturated heterocycles. The summed E-state index contributed by atoms with van der Waals surface area (Å²) in [6, 6.07) is 13.5. The lowest BCUT2D eigenvalue weighted by molar-refractivity contribution is -0.116. The second-order valence-electron chi connectivity index (χ2n) is 9.27. The first-order chi connectivity index (χ1) is 16.9. The molecule has 0 radical (unpaired) electrons. The normalized spacial score (nSPS) is 18.8. The van der Waals surface area contributed by atoms with E-state index in [4.69, 9.17) is 11.6 Å². The van der Waals surface area contributed by atoms with Gasteiger partial charge in [0.1, 0.15) is 4.90 Å². The number of carbonyl (C=O) groups is 1. The molecule has 0 bridgehead atoms. The van der Waals surface area contributed by atoms with Crippen molar-refractivity contribution in [3.8, 4) is 0 Å². The first-order valence-electron chi connectivity index (χ1n) is 11.7. The summed E-state index contributed by atoms with van der Waals surface area (Å²) in [5, 5.41) is 6.82. The van der Waals surface area contributed by atoms with Gasteiger partial charge in [0.2, 0.25) is 11.9 Å². The van der Waals surface area contributed by atoms with Crippen molar-refractivity contribution in [1.82, 2.24) is 9.97 Å². The minimum absolute atomic E-state index is 0.0213. The quantitative estimate of drug-likeness (QED) is 0.546. The Morgan fingerprint density at radius 2 is 1.83 bits per heavy atom. The van der Waals surface area contributed by atoms with Crippen molar-refractivity contribution >= 4 is 50.5 Å². The van der Waals surface area contributed by atoms with Crippen molar-refractivity contribution in [3.05, 3.63) is 64.3 Å². The molecule has 0 atom stereocenters. The van der Waals surface area contributed by atoms with Gasteiger partial charge in [0.05, 0.1) is 11.4 Å². The maximum absolute atomic E-state index is 13.0. The van der Waals surface area contributed by atoms with Crippen LogP contribution in [0.25, 0.3) is 0 Å². The van der Waals surface area contributed by atoms with Crippen LogP contribution in [0, 0.1) is 0 Å². The van der Waals surface area contributed by atoms with Gasteiger partial charge in [-0.3, -0.25) is 4.79 Å². The maximum Gasteiger partial charge on any atom is 0.227 e. The number of anilines is 4. The number of sulfone groups is 1. The fraction of sp³-hybridized carbons (Fsp3) is 0.320. The number of aromatic nitrogens is 2. The van der Waals surface area contributed by atoms with E-state index in [0.29, 0.717) is 59.8 Å². The first-order valence-corrected chi connectivity index (χ1v) is 13.7. The van der Waals surface area contributed by atoms with Gasteiger partial charge in [0.15, 0.2) is 15.7 Å². The van der Waals surface area contributed by atoms with Crippen molar-refractivity contribution in [2.24, 2.45) is 0 Å². The van der Waals surface area contributed by atoms with Crippen LogP contribution in [0.15, 0.2) is 47.4 Å². The molecule has 1 fully saturated rings. The fourth-order valence-corrected chi connectivity index (χ4v) is 6.66. The average molecular weight is 510 g/mol. The van der Waals surface area contributed by atoms with Crippen molar-refractivity contribution in [1.29, 1.82) is 0 Å². The van der Waals surface area contributed by atoms with E-state index in [2.05, 4.69) is 25.5 Å². The molecule has 1 amide bonds. The molecule has 8 nitrogen and oxygen atoms in total. The minimum Gasteiger partial charge on any atom is -0.339 e. The van der Waals surface area contributed by atoms with Crippen LogP contribution in [-0.4, -0.2) is 43.1 Å². The second kappa shape index (κ2) is 8.49. The summed E-state index contributed by atoms with van der Waals surface area (Å²) >= 11 is 6.02. The Bertz CT molecular complexity index is 1440. The molecule has 0 aliphatic carbocycles. The Morgan fingerprint density at radius 3 is 2.63 bits per heavy atom. The molecule has 3 aromatic rings. The highest BCUT2D eigenvalue weighted by molar-refractivity contribution is 7.91. The molecule has 0 unspecified atom stereocenters. The standard InChI is InChI=1S/C25H24ClN5O3S/c26-18-7-3-15(4-8-18)17-13-31(14-17)25-29-20-2-1-11-35(33,34)23(20)24(30-25)27-19-9-5-16-6-10-22(32)28-21(16)12-19/h3-5,7-9,12,17H,1-2,6,10-11,13-14H2,(H,28,32)(H,27,29,30). The molecular weight excluding hydrogens is 486 g/mol. The first kappa shape index (κ1) is 22.3. The molecule has 2 N–H and O–H groups in total. The molecule has 3 aliphatic heterocycles. The van der Waals surface area contributed by atoms with Gasteiger partial charge in [0.25, 0.3) is 0 Å². The molecular formula is C25H24ClN5O3S. The zero-order chi connectivity index (χ0) is 24.2. The van der Waals surface area contributed by atoms with Gasteiger partial charge in [-0.05, 0) is 54.7 Å². The summed E-state index contributed by atoms with van der Waals surface area (Å²) in [4.78, 5) is 23.4. The smallest absolute Gasteiger partial charge is 0.227 e. The number of hydrogen-bond acceptors (Lipinski definition) is 7. The van der Waals surface area contributed by atoms with Crippen LogP contribution in [0.4, 0.5) is 23.1 Å². The van der Waals surface area contributed by atoms with Crippen molar-refractivity contribution < 1.29 is 13.2 Å². The van der Waals surface area contributed by atoms with Crippen LogP contribution in [0.5, 0.6) is 0 Å². The third kappa shape index (κ3) is 4.23. The SMILES string of the molecule is O=C1CCc2ccc(Nc3nc(N4CC(c5ccc(Cl)cc5)C4)nc4c3S(=O)(=O)CCC4)cc2N1. The van der Waals surface area contributed by atoms with Crippen LogP contribution in [0.3, 0.4) is 0 Å². The van der Waals surface area contributed by atoms with Crippen LogP contribution in [0.1, 0.15) is 35.6 Å². The van der Waals surface area contributed by atoms with E-state index >= 15 is 0 Å². The Labute approximate surface area is 208 Å². The summed E-state index contributed by atoms with van der Waals surface area (Å²) in [5.41, 5.74) is 4.24. The van der Waals surface area contributed by atoms with Crippen LogP contribution >= 0.6 is 11.6 Å². The van der Waals surface area contributed by atoms with Crippen molar-refractivity contribution in [2.45, 2.75) is 36.5 Å². The second-order valence-corrected chi connectivity index (χ2v) is 11.8. The molecule has 1 aromatic heterocycles. The Balaban J connectivity index is 1.32. The molecule has 6 rings (SSSR count). The van der Waals surface area contributed by atoms with Gasteiger partial charge in [-0.25, -0.2) is 13.4 Å². The van der Waals surface area contributed by atoms with Gasteiger partial charge >= 0.3 is 0 Å². The highest BCUT2D eigenvalue weighted by Crippen LogP contribution is 2.37. The van der Waals surface area contributed by atoms with E-state index in [-0.39, 0.29) is 16.6 Å². The van der Waals surface area contributed by atoms with E-state index in [9.17, 15) is 13.2 Å². The van der Waals surface area contributed by atoms with Gasteiger partial charge in [-0.2, -0.15) is 4.98 Å². The Kier molecular flexibility index (Phi) is 5.41. The zero-order valence-electron chi connectivity index (χ0n) is 18.9. The van der Waals surface area contributed by atoms with Crippen LogP contribution in [0.2, 0.25) is 5.02 Å². The summed E-state index contributed by atoms with van der Waals surface area (Å²) in [5.74, 6) is 1.23. The number of aryl methyl sites for hydroxylation is 2. The fourth-order valence-electron chi connectivity index (χ4n) is 4.91. The van der Waals surface area contributed by atoms with Gasteiger partial charge in [-0.1, -0.05) is 29.8 Å². The predicted molar refractivity (Wildman–Crippen MR) is 135 cm³/mol. The predicted octanol–water partition coefficient (Wildman–Crippen LogP) is 4.08. The van der Waals surface area contributed by atoms with Crippen LogP contribution in [-0.2, 0) is 27.5 Å². The monoisotopic (exact) mass is 509 g/mol. The highest BCUT2D eigenvalue weighted by Gasteiger charge is 2.34. The zero-order valence-corrected chi connectivity index (χ0v) is 20.5. The van der Waals surface area contributed by atoms with E-state index < -0.39 is 9.84 Å². The third-order valence-electron chi connectivity index (χ3n) is 6.84. The summed E-state index contributed by atoms with van der Waals surface area (Å²) < 4.78 is 26.0. The largest absolute Gasteiger partial charge is 0.339 e. The number of hydrogen-bond donors (Lipinski definition) is 2. The molecule has 2 aromatic carbocycles. The van der Waals surface area contributed by atoms with Gasteiger partial charge in [0, 0.05) is 41.8 Å². The molecule has 180 valence electrons. The van der Waals surface area contributed by atoms with Crippen molar-refractivity contribution in [3.63, 3.8) is 0 Å². The lowest BCUT2D eigenvalue weighted by Crippen LogP contribution is -2.46. The van der Waals surface area contributed by atoms with Gasteiger partial charge < -0.3 is 15.5 Å². The lowest BCUT2D eigenvalue weighted by atomic mass is 9.92. The maximum atomic E-state index is 13.0. The number of benzene rings is 2. The highest BCUT2D eigenvalue weighted by atomic mass is 35.5. The molecule has 4 heterocycles. The van der Waals surface area contributed by atoms with E-state index in [1.807, 2.05) is 42.5 Å². The Morgan fingerprint density at radius 1 is 1.03 bits per heavy atom. The summed E-state index contributed by atoms with van der Waals surface area (Å²) in [6.45, 7) is 1.50. The van der Waals surface area contributed by atoms with E-state index in [1.165, 1.54) is 5.56 Å². The van der Waals surface area contributed by atoms with E-state index in [1.54, 1.807) is 0 Å². The molecule has 0 spiro atoms. The Hall–Kier alpha value is -3.17. The topological polar surface area (TPSA) is 104 Å². The molecule has 0 saturated carbocycles. The number of rotatable bonds is 4. The van der Waals surface area contributed by atoms with Crippen molar-refractivity contribution in [2.75, 3.05) is 34.4 Å². The number of carbonyl (C=O) groups excluding carboxylic acids is 1. The summed E-state index contributed by atoms with van der Waals surface area (Å²) in [6.07, 6.45) is 2.29. The molecule has 35 heavy (non-hydrogen) atoms. The number of nitrogens with one attached hydrogen (secondary N) is 2. The number of amides is 1. The number of halogens is 1. The molecule has 3 aliphatic rings.